The Balaban J connectivity index is 1.65. The van der Waals surface area contributed by atoms with E-state index in [9.17, 15) is 4.79 Å². The number of carbonyl (C=O) groups is 1. The lowest BCUT2D eigenvalue weighted by Gasteiger charge is -2.27. The van der Waals surface area contributed by atoms with Crippen LogP contribution in [0.1, 0.15) is 18.4 Å². The first-order valence-corrected chi connectivity index (χ1v) is 6.98. The number of urea groups is 1. The van der Waals surface area contributed by atoms with Crippen LogP contribution in [0.25, 0.3) is 0 Å². The Bertz CT molecular complexity index is 503. The Hall–Kier alpha value is -1.88. The second-order valence-electron chi connectivity index (χ2n) is 5.23. The molecule has 2 aliphatic rings. The lowest BCUT2D eigenvalue weighted by Crippen LogP contribution is -2.40. The van der Waals surface area contributed by atoms with E-state index >= 15 is 0 Å². The van der Waals surface area contributed by atoms with Crippen molar-refractivity contribution >= 4 is 12.2 Å². The highest BCUT2D eigenvalue weighted by atomic mass is 16.7. The molecule has 2 bridgehead atoms. The van der Waals surface area contributed by atoms with Gasteiger partial charge in [-0.3, -0.25) is 9.83 Å². The first-order valence-electron chi connectivity index (χ1n) is 6.98. The van der Waals surface area contributed by atoms with Gasteiger partial charge in [-0.2, -0.15) is 5.06 Å². The molecule has 1 aromatic rings. The molecule has 20 heavy (non-hydrogen) atoms. The van der Waals surface area contributed by atoms with E-state index in [2.05, 4.69) is 4.99 Å². The van der Waals surface area contributed by atoms with Gasteiger partial charge in [-0.1, -0.05) is 30.3 Å². The highest BCUT2D eigenvalue weighted by Gasteiger charge is 2.44. The second-order valence-corrected chi connectivity index (χ2v) is 5.23. The van der Waals surface area contributed by atoms with Crippen LogP contribution in [0.15, 0.2) is 35.3 Å². The summed E-state index contributed by atoms with van der Waals surface area (Å²) in [5.41, 5.74) is 1.07. The number of hydroxylamine groups is 2. The minimum absolute atomic E-state index is 0.0340. The zero-order chi connectivity index (χ0) is 13.9. The molecule has 106 valence electrons. The molecule has 5 nitrogen and oxygen atoms in total. The number of piperidine rings is 1. The maximum atomic E-state index is 12.4. The summed E-state index contributed by atoms with van der Waals surface area (Å²) in [6.07, 6.45) is 3.78. The first kappa shape index (κ1) is 13.1. The average Bonchev–Trinajstić information content (AvgIpc) is 2.73. The zero-order valence-corrected chi connectivity index (χ0v) is 11.6. The highest BCUT2D eigenvalue weighted by Crippen LogP contribution is 2.29. The van der Waals surface area contributed by atoms with E-state index in [1.165, 1.54) is 0 Å². The monoisotopic (exact) mass is 273 g/mol. The van der Waals surface area contributed by atoms with Gasteiger partial charge >= 0.3 is 6.03 Å². The van der Waals surface area contributed by atoms with Crippen LogP contribution in [0.3, 0.4) is 0 Å². The van der Waals surface area contributed by atoms with Gasteiger partial charge in [0.25, 0.3) is 0 Å². The summed E-state index contributed by atoms with van der Waals surface area (Å²) in [5, 5.41) is 1.55. The third-order valence-electron chi connectivity index (χ3n) is 3.90. The van der Waals surface area contributed by atoms with Crippen molar-refractivity contribution in [2.24, 2.45) is 4.99 Å². The molecule has 0 radical (unpaired) electrons. The molecule has 2 fully saturated rings. The summed E-state index contributed by atoms with van der Waals surface area (Å²) in [4.78, 5) is 24.0. The van der Waals surface area contributed by atoms with Crippen LogP contribution in [0, 0.1) is 0 Å². The summed E-state index contributed by atoms with van der Waals surface area (Å²) in [6, 6.07) is 10.2. The molecular formula is C15H19N3O2. The van der Waals surface area contributed by atoms with Crippen molar-refractivity contribution in [1.29, 1.82) is 0 Å². The maximum absolute atomic E-state index is 12.4. The number of nitrogens with zero attached hydrogens (tertiary/aromatic N) is 3. The minimum atomic E-state index is -0.0340. The minimum Gasteiger partial charge on any atom is -0.313 e. The van der Waals surface area contributed by atoms with E-state index in [4.69, 9.17) is 4.84 Å². The average molecular weight is 273 g/mol. The van der Waals surface area contributed by atoms with Gasteiger partial charge in [-0.25, -0.2) is 4.79 Å². The molecule has 2 amide bonds. The third-order valence-corrected chi connectivity index (χ3v) is 3.90. The summed E-state index contributed by atoms with van der Waals surface area (Å²) >= 11 is 0. The Labute approximate surface area is 118 Å². The van der Waals surface area contributed by atoms with Crippen molar-refractivity contribution < 1.29 is 9.63 Å². The topological polar surface area (TPSA) is 45.1 Å². The number of fused-ring (bicyclic) bond motifs is 2. The van der Waals surface area contributed by atoms with Crippen LogP contribution < -0.4 is 0 Å². The van der Waals surface area contributed by atoms with Gasteiger partial charge in [-0.05, 0) is 18.4 Å². The quantitative estimate of drug-likeness (QED) is 0.788. The second kappa shape index (κ2) is 5.63. The van der Waals surface area contributed by atoms with Crippen LogP contribution in [-0.2, 0) is 11.4 Å². The summed E-state index contributed by atoms with van der Waals surface area (Å²) in [6.45, 7) is 1.17. The van der Waals surface area contributed by atoms with Gasteiger partial charge in [-0.15, -0.1) is 0 Å². The van der Waals surface area contributed by atoms with Gasteiger partial charge in [0.05, 0.1) is 12.1 Å². The van der Waals surface area contributed by atoms with E-state index in [1.54, 1.807) is 12.1 Å². The lowest BCUT2D eigenvalue weighted by atomic mass is 10.0. The van der Waals surface area contributed by atoms with Crippen molar-refractivity contribution in [2.75, 3.05) is 13.6 Å². The summed E-state index contributed by atoms with van der Waals surface area (Å²) in [5.74, 6) is 0. The summed E-state index contributed by atoms with van der Waals surface area (Å²) in [7, 11) is 1.75. The van der Waals surface area contributed by atoms with Crippen molar-refractivity contribution in [1.82, 2.24) is 9.96 Å². The molecule has 0 spiro atoms. The van der Waals surface area contributed by atoms with Gasteiger partial charge in [0.15, 0.2) is 0 Å². The molecule has 2 heterocycles. The molecule has 0 saturated carbocycles. The SMILES string of the molecule is CN=C[C@@H]1CC[C@@H]2CN1C(=O)N2OCc1ccccc1. The fourth-order valence-electron chi connectivity index (χ4n) is 2.87. The number of rotatable bonds is 4. The molecule has 0 N–H and O–H groups in total. The Morgan fingerprint density at radius 2 is 2.15 bits per heavy atom. The van der Waals surface area contributed by atoms with Gasteiger partial charge < -0.3 is 4.90 Å². The van der Waals surface area contributed by atoms with E-state index in [0.717, 1.165) is 24.9 Å². The predicted octanol–water partition coefficient (Wildman–Crippen LogP) is 2.09. The summed E-state index contributed by atoms with van der Waals surface area (Å²) < 4.78 is 0. The Morgan fingerprint density at radius 3 is 2.90 bits per heavy atom. The molecular weight excluding hydrogens is 254 g/mol. The molecule has 2 atom stereocenters. The van der Waals surface area contributed by atoms with Crippen LogP contribution in [0.2, 0.25) is 0 Å². The van der Waals surface area contributed by atoms with Crippen molar-refractivity contribution in [3.05, 3.63) is 35.9 Å². The van der Waals surface area contributed by atoms with Crippen LogP contribution in [0.4, 0.5) is 4.79 Å². The molecule has 0 unspecified atom stereocenters. The molecule has 0 aromatic heterocycles. The van der Waals surface area contributed by atoms with Crippen LogP contribution in [-0.4, -0.2) is 47.9 Å². The highest BCUT2D eigenvalue weighted by molar-refractivity contribution is 5.81. The molecule has 5 heteroatoms. The number of hydrogen-bond donors (Lipinski definition) is 0. The predicted molar refractivity (Wildman–Crippen MR) is 76.4 cm³/mol. The normalized spacial score (nSPS) is 25.8. The van der Waals surface area contributed by atoms with Gasteiger partial charge in [0.1, 0.15) is 6.61 Å². The first-order chi connectivity index (χ1) is 9.79. The molecule has 2 aliphatic heterocycles. The van der Waals surface area contributed by atoms with E-state index in [1.807, 2.05) is 41.4 Å². The van der Waals surface area contributed by atoms with Crippen molar-refractivity contribution in [2.45, 2.75) is 31.5 Å². The number of amides is 2. The zero-order valence-electron chi connectivity index (χ0n) is 11.6. The number of hydrogen-bond acceptors (Lipinski definition) is 3. The molecule has 2 saturated heterocycles. The van der Waals surface area contributed by atoms with Gasteiger partial charge in [0, 0.05) is 19.8 Å². The van der Waals surface area contributed by atoms with Crippen LogP contribution >= 0.6 is 0 Å². The number of carbonyl (C=O) groups excluding carboxylic acids is 1. The Kier molecular flexibility index (Phi) is 3.69. The smallest absolute Gasteiger partial charge is 0.313 e. The lowest BCUT2D eigenvalue weighted by molar-refractivity contribution is -0.140. The molecule has 3 rings (SSSR count). The van der Waals surface area contributed by atoms with Crippen molar-refractivity contribution in [3.8, 4) is 0 Å². The van der Waals surface area contributed by atoms with Crippen LogP contribution in [0.5, 0.6) is 0 Å². The largest absolute Gasteiger partial charge is 0.344 e. The number of aliphatic imine (C=N–C) groups is 1. The molecule has 0 aliphatic carbocycles. The standard InChI is InChI=1S/C15H19N3O2/c1-16-9-13-7-8-14-10-17(13)15(19)18(14)20-11-12-5-3-2-4-6-12/h2-6,9,13-14H,7-8,10-11H2,1H3/t13-,14+/m0/s1. The fourth-order valence-corrected chi connectivity index (χ4v) is 2.87. The van der Waals surface area contributed by atoms with E-state index in [0.29, 0.717) is 6.61 Å². The third kappa shape index (κ3) is 2.41. The Morgan fingerprint density at radius 1 is 1.35 bits per heavy atom. The number of benzene rings is 1. The van der Waals surface area contributed by atoms with Gasteiger partial charge in [0.2, 0.25) is 0 Å². The van der Waals surface area contributed by atoms with E-state index in [-0.39, 0.29) is 18.1 Å². The molecule has 1 aromatic carbocycles. The fraction of sp³-hybridized carbons (Fsp3) is 0.467. The van der Waals surface area contributed by atoms with Crippen molar-refractivity contribution in [3.63, 3.8) is 0 Å². The maximum Gasteiger partial charge on any atom is 0.344 e. The van der Waals surface area contributed by atoms with E-state index < -0.39 is 0 Å².